The molecule has 0 saturated carbocycles. The summed E-state index contributed by atoms with van der Waals surface area (Å²) in [5.74, 6) is 0. The first-order valence-electron chi connectivity index (χ1n) is 1.91. The van der Waals surface area contributed by atoms with Crippen molar-refractivity contribution in [2.45, 2.75) is 6.92 Å². The lowest BCUT2D eigenvalue weighted by atomic mass is 10.5. The molecule has 0 saturated heterocycles. The lowest BCUT2D eigenvalue weighted by Gasteiger charge is -1.91. The van der Waals surface area contributed by atoms with Crippen molar-refractivity contribution in [2.24, 2.45) is 0 Å². The standard InChI is InChI=1S/C4H7O3/c1-2-3-7-4(5)6/h2H,3H2,1H3,(H,5,6). The Labute approximate surface area is 41.9 Å². The predicted molar refractivity (Wildman–Crippen MR) is 24.0 cm³/mol. The van der Waals surface area contributed by atoms with Gasteiger partial charge in [-0.2, -0.15) is 0 Å². The largest absolute Gasteiger partial charge is 0.505 e. The van der Waals surface area contributed by atoms with Gasteiger partial charge >= 0.3 is 6.16 Å². The molecule has 0 fully saturated rings. The minimum atomic E-state index is -1.22. The fourth-order valence-corrected chi connectivity index (χ4v) is 0.155. The van der Waals surface area contributed by atoms with Gasteiger partial charge in [0.05, 0.1) is 6.61 Å². The second kappa shape index (κ2) is 3.46. The van der Waals surface area contributed by atoms with Gasteiger partial charge in [-0.3, -0.25) is 0 Å². The second-order valence-corrected chi connectivity index (χ2v) is 0.985. The van der Waals surface area contributed by atoms with E-state index in [1.807, 2.05) is 0 Å². The molecule has 0 atom stereocenters. The Kier molecular flexibility index (Phi) is 3.10. The predicted octanol–water partition coefficient (Wildman–Crippen LogP) is 0.905. The van der Waals surface area contributed by atoms with Gasteiger partial charge in [-0.25, -0.2) is 4.79 Å². The van der Waals surface area contributed by atoms with Gasteiger partial charge in [0.2, 0.25) is 0 Å². The maximum atomic E-state index is 9.52. The molecule has 0 aliphatic carbocycles. The Morgan fingerprint density at radius 3 is 2.71 bits per heavy atom. The first kappa shape index (κ1) is 6.27. The van der Waals surface area contributed by atoms with Gasteiger partial charge < -0.3 is 9.84 Å². The summed E-state index contributed by atoms with van der Waals surface area (Å²) in [4.78, 5) is 9.52. The molecular weight excluding hydrogens is 96.0 g/mol. The first-order chi connectivity index (χ1) is 3.27. The molecule has 0 spiro atoms. The zero-order valence-electron chi connectivity index (χ0n) is 4.05. The molecule has 7 heavy (non-hydrogen) atoms. The lowest BCUT2D eigenvalue weighted by molar-refractivity contribution is 0.0990. The molecule has 0 unspecified atom stereocenters. The van der Waals surface area contributed by atoms with Gasteiger partial charge in [-0.05, 0) is 6.42 Å². The van der Waals surface area contributed by atoms with Crippen molar-refractivity contribution >= 4 is 6.16 Å². The van der Waals surface area contributed by atoms with E-state index in [4.69, 9.17) is 5.11 Å². The van der Waals surface area contributed by atoms with Crippen LogP contribution in [0.2, 0.25) is 0 Å². The Hall–Kier alpha value is -0.730. The highest BCUT2D eigenvalue weighted by atomic mass is 16.7. The summed E-state index contributed by atoms with van der Waals surface area (Å²) >= 11 is 0. The molecule has 3 heteroatoms. The van der Waals surface area contributed by atoms with E-state index in [-0.39, 0.29) is 6.61 Å². The molecule has 41 valence electrons. The highest BCUT2D eigenvalue weighted by molar-refractivity contribution is 5.56. The highest BCUT2D eigenvalue weighted by Gasteiger charge is 1.89. The molecule has 0 aromatic heterocycles. The number of hydrogen-bond donors (Lipinski definition) is 1. The molecule has 0 aliphatic rings. The number of hydrogen-bond acceptors (Lipinski definition) is 2. The van der Waals surface area contributed by atoms with Gasteiger partial charge in [-0.15, -0.1) is 0 Å². The van der Waals surface area contributed by atoms with E-state index in [0.29, 0.717) is 0 Å². The summed E-state index contributed by atoms with van der Waals surface area (Å²) in [6, 6.07) is 0. The average Bonchev–Trinajstić information content (AvgIpc) is 1.61. The number of carbonyl (C=O) groups is 1. The van der Waals surface area contributed by atoms with Crippen LogP contribution >= 0.6 is 0 Å². The van der Waals surface area contributed by atoms with Crippen LogP contribution < -0.4 is 0 Å². The van der Waals surface area contributed by atoms with Gasteiger partial charge in [-0.1, -0.05) is 6.92 Å². The fraction of sp³-hybridized carbons (Fsp3) is 0.500. The van der Waals surface area contributed by atoms with Crippen molar-refractivity contribution in [1.82, 2.24) is 0 Å². The summed E-state index contributed by atoms with van der Waals surface area (Å²) < 4.78 is 4.05. The van der Waals surface area contributed by atoms with Crippen LogP contribution in [0.1, 0.15) is 6.92 Å². The van der Waals surface area contributed by atoms with Crippen molar-refractivity contribution in [1.29, 1.82) is 0 Å². The van der Waals surface area contributed by atoms with E-state index < -0.39 is 6.16 Å². The molecular formula is C4H7O3. The SMILES string of the molecule is C[CH]COC(=O)O. The third-order valence-corrected chi connectivity index (χ3v) is 0.373. The third-order valence-electron chi connectivity index (χ3n) is 0.373. The third kappa shape index (κ3) is 5.27. The summed E-state index contributed by atoms with van der Waals surface area (Å²) in [6.07, 6.45) is 0.395. The van der Waals surface area contributed by atoms with Gasteiger partial charge in [0.1, 0.15) is 0 Å². The van der Waals surface area contributed by atoms with Crippen molar-refractivity contribution in [3.63, 3.8) is 0 Å². The topological polar surface area (TPSA) is 46.5 Å². The van der Waals surface area contributed by atoms with Crippen LogP contribution in [0.5, 0.6) is 0 Å². The van der Waals surface area contributed by atoms with Crippen LogP contribution in [0.15, 0.2) is 0 Å². The van der Waals surface area contributed by atoms with E-state index in [1.54, 1.807) is 13.3 Å². The smallest absolute Gasteiger partial charge is 0.450 e. The minimum absolute atomic E-state index is 0.176. The molecule has 1 N–H and O–H groups in total. The summed E-state index contributed by atoms with van der Waals surface area (Å²) in [7, 11) is 0. The molecule has 0 heterocycles. The molecule has 3 nitrogen and oxygen atoms in total. The average molecular weight is 103 g/mol. The van der Waals surface area contributed by atoms with E-state index in [9.17, 15) is 4.79 Å². The van der Waals surface area contributed by atoms with Crippen LogP contribution in [0.3, 0.4) is 0 Å². The quantitative estimate of drug-likeness (QED) is 0.528. The number of carboxylic acid groups (broad SMARTS) is 1. The highest BCUT2D eigenvalue weighted by Crippen LogP contribution is 1.77. The lowest BCUT2D eigenvalue weighted by Crippen LogP contribution is -2.00. The number of ether oxygens (including phenoxy) is 1. The number of rotatable bonds is 2. The van der Waals surface area contributed by atoms with Crippen LogP contribution in [-0.2, 0) is 4.74 Å². The molecule has 0 amide bonds. The van der Waals surface area contributed by atoms with Crippen molar-refractivity contribution in [3.8, 4) is 0 Å². The Bertz CT molecular complexity index is 60.0. The molecule has 1 radical (unpaired) electrons. The second-order valence-electron chi connectivity index (χ2n) is 0.985. The monoisotopic (exact) mass is 103 g/mol. The van der Waals surface area contributed by atoms with Gasteiger partial charge in [0, 0.05) is 0 Å². The van der Waals surface area contributed by atoms with E-state index >= 15 is 0 Å². The van der Waals surface area contributed by atoms with Crippen LogP contribution in [0.25, 0.3) is 0 Å². The summed E-state index contributed by atoms with van der Waals surface area (Å²) in [5.41, 5.74) is 0. The molecule has 0 bridgehead atoms. The normalized spacial score (nSPS) is 8.14. The zero-order chi connectivity index (χ0) is 5.70. The minimum Gasteiger partial charge on any atom is -0.450 e. The Morgan fingerprint density at radius 2 is 2.57 bits per heavy atom. The Morgan fingerprint density at radius 1 is 2.00 bits per heavy atom. The summed E-state index contributed by atoms with van der Waals surface area (Å²) in [6.45, 7) is 1.90. The molecule has 0 aromatic rings. The Balaban J connectivity index is 2.82. The maximum Gasteiger partial charge on any atom is 0.505 e. The van der Waals surface area contributed by atoms with Gasteiger partial charge in [0.25, 0.3) is 0 Å². The van der Waals surface area contributed by atoms with Gasteiger partial charge in [0.15, 0.2) is 0 Å². The van der Waals surface area contributed by atoms with Crippen LogP contribution in [-0.4, -0.2) is 17.9 Å². The van der Waals surface area contributed by atoms with Crippen LogP contribution in [0.4, 0.5) is 4.79 Å². The fourth-order valence-electron chi connectivity index (χ4n) is 0.155. The van der Waals surface area contributed by atoms with Crippen LogP contribution in [0, 0.1) is 6.42 Å². The van der Waals surface area contributed by atoms with Crippen molar-refractivity contribution < 1.29 is 14.6 Å². The van der Waals surface area contributed by atoms with E-state index in [0.717, 1.165) is 0 Å². The molecule has 0 aliphatic heterocycles. The maximum absolute atomic E-state index is 9.52. The first-order valence-corrected chi connectivity index (χ1v) is 1.91. The van der Waals surface area contributed by atoms with E-state index in [2.05, 4.69) is 4.74 Å². The summed E-state index contributed by atoms with van der Waals surface area (Å²) in [5, 5.41) is 7.80. The molecule has 0 rings (SSSR count). The van der Waals surface area contributed by atoms with Crippen molar-refractivity contribution in [2.75, 3.05) is 6.61 Å². The zero-order valence-corrected chi connectivity index (χ0v) is 4.05. The van der Waals surface area contributed by atoms with Crippen molar-refractivity contribution in [3.05, 3.63) is 6.42 Å². The molecule has 0 aromatic carbocycles. The van der Waals surface area contributed by atoms with E-state index in [1.165, 1.54) is 0 Å².